The van der Waals surface area contributed by atoms with E-state index >= 15 is 0 Å². The molecule has 18 heavy (non-hydrogen) atoms. The number of hydrogen-bond donors (Lipinski definition) is 2. The lowest BCUT2D eigenvalue weighted by atomic mass is 10.0. The number of rotatable bonds is 3. The zero-order valence-corrected chi connectivity index (χ0v) is 10.4. The van der Waals surface area contributed by atoms with Crippen molar-refractivity contribution in [2.24, 2.45) is 5.84 Å². The average molecular weight is 256 g/mol. The fourth-order valence-corrected chi connectivity index (χ4v) is 3.03. The third kappa shape index (κ3) is 1.88. The van der Waals surface area contributed by atoms with E-state index < -0.39 is 0 Å². The number of fused-ring (bicyclic) bond motifs is 1. The number of nitrogens with two attached hydrogens (primary N) is 1. The lowest BCUT2D eigenvalue weighted by Gasteiger charge is -2.14. The van der Waals surface area contributed by atoms with Crippen LogP contribution in [0, 0.1) is 0 Å². The summed E-state index contributed by atoms with van der Waals surface area (Å²) in [6.45, 7) is 0. The van der Waals surface area contributed by atoms with Gasteiger partial charge in [0.15, 0.2) is 0 Å². The van der Waals surface area contributed by atoms with Gasteiger partial charge in [0.05, 0.1) is 6.04 Å². The molecule has 0 spiro atoms. The van der Waals surface area contributed by atoms with Crippen molar-refractivity contribution in [1.82, 2.24) is 15.4 Å². The summed E-state index contributed by atoms with van der Waals surface area (Å²) in [5, 5.41) is 3.34. The highest BCUT2D eigenvalue weighted by atomic mass is 32.1. The summed E-state index contributed by atoms with van der Waals surface area (Å²) >= 11 is 1.72. The molecule has 0 fully saturated rings. The molecule has 3 rings (SSSR count). The number of aromatic nitrogens is 2. The van der Waals surface area contributed by atoms with Crippen molar-refractivity contribution in [2.75, 3.05) is 0 Å². The number of hydrazine groups is 1. The predicted octanol–water partition coefficient (Wildman–Crippen LogP) is 2.24. The molecule has 1 aromatic carbocycles. The molecule has 0 aliphatic heterocycles. The molecule has 3 N–H and O–H groups in total. The zero-order chi connectivity index (χ0) is 12.4. The van der Waals surface area contributed by atoms with Crippen molar-refractivity contribution in [2.45, 2.75) is 6.04 Å². The van der Waals surface area contributed by atoms with Crippen molar-refractivity contribution in [1.29, 1.82) is 0 Å². The fourth-order valence-electron chi connectivity index (χ4n) is 2.05. The molecule has 0 saturated heterocycles. The minimum atomic E-state index is -0.0812. The molecule has 0 aliphatic carbocycles. The Labute approximate surface area is 108 Å². The predicted molar refractivity (Wildman–Crippen MR) is 73.0 cm³/mol. The Morgan fingerprint density at radius 2 is 1.94 bits per heavy atom. The van der Waals surface area contributed by atoms with Gasteiger partial charge < -0.3 is 0 Å². The van der Waals surface area contributed by atoms with Crippen LogP contribution in [0.1, 0.15) is 17.2 Å². The minimum absolute atomic E-state index is 0.0812. The summed E-state index contributed by atoms with van der Waals surface area (Å²) in [5.41, 5.74) is 4.96. The normalized spacial score (nSPS) is 12.7. The first-order chi connectivity index (χ1) is 8.90. The molecule has 0 bridgehead atoms. The largest absolute Gasteiger partial charge is 0.271 e. The second-order valence-corrected chi connectivity index (χ2v) is 4.87. The molecule has 3 aromatic rings. The van der Waals surface area contributed by atoms with E-state index in [1.54, 1.807) is 23.7 Å². The molecule has 0 radical (unpaired) electrons. The van der Waals surface area contributed by atoms with E-state index in [-0.39, 0.29) is 6.04 Å². The van der Waals surface area contributed by atoms with Crippen LogP contribution in [-0.4, -0.2) is 9.97 Å². The monoisotopic (exact) mass is 256 g/mol. The highest BCUT2D eigenvalue weighted by Gasteiger charge is 2.16. The summed E-state index contributed by atoms with van der Waals surface area (Å²) in [7, 11) is 0. The maximum absolute atomic E-state index is 5.69. The third-order valence-electron chi connectivity index (χ3n) is 2.90. The Morgan fingerprint density at radius 3 is 2.72 bits per heavy atom. The van der Waals surface area contributed by atoms with Crippen LogP contribution < -0.4 is 11.3 Å². The average Bonchev–Trinajstić information content (AvgIpc) is 2.85. The quantitative estimate of drug-likeness (QED) is 0.557. The number of nitrogens with one attached hydrogen (secondary N) is 1. The van der Waals surface area contributed by atoms with E-state index in [1.807, 2.05) is 12.1 Å². The van der Waals surface area contributed by atoms with Crippen LogP contribution in [0.2, 0.25) is 0 Å². The number of benzene rings is 1. The molecule has 2 aromatic heterocycles. The third-order valence-corrected chi connectivity index (χ3v) is 3.88. The Bertz CT molecular complexity index is 650. The first kappa shape index (κ1) is 11.3. The summed E-state index contributed by atoms with van der Waals surface area (Å²) < 4.78 is 1.25. The first-order valence-electron chi connectivity index (χ1n) is 5.57. The number of thiophene rings is 1. The van der Waals surface area contributed by atoms with Gasteiger partial charge in [-0.3, -0.25) is 5.84 Å². The van der Waals surface area contributed by atoms with Gasteiger partial charge in [0.25, 0.3) is 0 Å². The molecule has 1 atom stereocenters. The summed E-state index contributed by atoms with van der Waals surface area (Å²) in [4.78, 5) is 8.08. The van der Waals surface area contributed by atoms with Gasteiger partial charge >= 0.3 is 0 Å². The lowest BCUT2D eigenvalue weighted by molar-refractivity contribution is 0.637. The molecule has 5 heteroatoms. The molecule has 0 aliphatic rings. The molecule has 0 saturated carbocycles. The van der Waals surface area contributed by atoms with Crippen LogP contribution in [0.15, 0.2) is 48.4 Å². The second-order valence-electron chi connectivity index (χ2n) is 3.96. The van der Waals surface area contributed by atoms with Gasteiger partial charge in [-0.15, -0.1) is 11.3 Å². The van der Waals surface area contributed by atoms with Crippen molar-refractivity contribution < 1.29 is 0 Å². The highest BCUT2D eigenvalue weighted by Crippen LogP contribution is 2.32. The van der Waals surface area contributed by atoms with Gasteiger partial charge in [-0.2, -0.15) is 0 Å². The molecule has 4 nitrogen and oxygen atoms in total. The lowest BCUT2D eigenvalue weighted by Crippen LogP contribution is -2.28. The smallest absolute Gasteiger partial charge is 0.115 e. The molecule has 90 valence electrons. The maximum atomic E-state index is 5.69. The minimum Gasteiger partial charge on any atom is -0.271 e. The molecular formula is C13H12N4S. The summed E-state index contributed by atoms with van der Waals surface area (Å²) in [6.07, 6.45) is 5.08. The van der Waals surface area contributed by atoms with Crippen LogP contribution in [0.3, 0.4) is 0 Å². The number of hydrogen-bond acceptors (Lipinski definition) is 5. The van der Waals surface area contributed by atoms with E-state index in [0.29, 0.717) is 0 Å². The van der Waals surface area contributed by atoms with Crippen molar-refractivity contribution >= 4 is 21.4 Å². The summed E-state index contributed by atoms with van der Waals surface area (Å²) in [6, 6.07) is 8.21. The Kier molecular flexibility index (Phi) is 3.02. The van der Waals surface area contributed by atoms with Gasteiger partial charge in [-0.1, -0.05) is 18.2 Å². The van der Waals surface area contributed by atoms with E-state index in [9.17, 15) is 0 Å². The van der Waals surface area contributed by atoms with Gasteiger partial charge in [0, 0.05) is 22.7 Å². The first-order valence-corrected chi connectivity index (χ1v) is 6.45. The highest BCUT2D eigenvalue weighted by molar-refractivity contribution is 7.17. The van der Waals surface area contributed by atoms with Gasteiger partial charge in [0.2, 0.25) is 0 Å². The van der Waals surface area contributed by atoms with Crippen molar-refractivity contribution in [3.63, 3.8) is 0 Å². The van der Waals surface area contributed by atoms with Crippen molar-refractivity contribution in [3.05, 3.63) is 59.5 Å². The molecule has 2 heterocycles. The zero-order valence-electron chi connectivity index (χ0n) is 9.58. The van der Waals surface area contributed by atoms with Crippen LogP contribution in [0.4, 0.5) is 0 Å². The van der Waals surface area contributed by atoms with Crippen molar-refractivity contribution in [3.8, 4) is 0 Å². The Balaban J connectivity index is 2.12. The Morgan fingerprint density at radius 1 is 1.17 bits per heavy atom. The van der Waals surface area contributed by atoms with Crippen LogP contribution in [0.25, 0.3) is 10.1 Å². The van der Waals surface area contributed by atoms with Gasteiger partial charge in [0.1, 0.15) is 6.33 Å². The van der Waals surface area contributed by atoms with Gasteiger partial charge in [-0.25, -0.2) is 15.4 Å². The fraction of sp³-hybridized carbons (Fsp3) is 0.0769. The number of nitrogens with zero attached hydrogens (tertiary/aromatic N) is 2. The maximum Gasteiger partial charge on any atom is 0.115 e. The molecular weight excluding hydrogens is 244 g/mol. The van der Waals surface area contributed by atoms with E-state index in [2.05, 4.69) is 32.9 Å². The van der Waals surface area contributed by atoms with Gasteiger partial charge in [-0.05, 0) is 22.4 Å². The molecule has 0 amide bonds. The van der Waals surface area contributed by atoms with E-state index in [1.165, 1.54) is 16.4 Å². The van der Waals surface area contributed by atoms with Crippen LogP contribution >= 0.6 is 11.3 Å². The molecule has 1 unspecified atom stereocenters. The summed E-state index contributed by atoms with van der Waals surface area (Å²) in [5.74, 6) is 5.69. The second kappa shape index (κ2) is 4.81. The SMILES string of the molecule is NNC(c1cncnc1)c1csc2ccccc12. The van der Waals surface area contributed by atoms with Crippen LogP contribution in [0.5, 0.6) is 0 Å². The van der Waals surface area contributed by atoms with E-state index in [0.717, 1.165) is 11.1 Å². The standard InChI is InChI=1S/C13H12N4S/c14-17-13(9-5-15-8-16-6-9)11-7-18-12-4-2-1-3-10(11)12/h1-8,13,17H,14H2. The van der Waals surface area contributed by atoms with E-state index in [4.69, 9.17) is 5.84 Å². The van der Waals surface area contributed by atoms with Crippen LogP contribution in [-0.2, 0) is 0 Å². The topological polar surface area (TPSA) is 63.8 Å². The Hall–Kier alpha value is -1.82.